The molecule has 0 spiro atoms. The average molecular weight is 303 g/mol. The van der Waals surface area contributed by atoms with Crippen LogP contribution in [0.5, 0.6) is 0 Å². The fourth-order valence-corrected chi connectivity index (χ4v) is 2.73. The standard InChI is InChI=1S/C16H21N3O3/c1-11(2)15-17-14(22-18-15)10-12-5-7-19(8-6-12)16(20)13-4-3-9-21-13/h3-4,9,11-12H,5-8,10H2,1-2H3. The molecule has 0 aromatic carbocycles. The fraction of sp³-hybridized carbons (Fsp3) is 0.562. The molecule has 6 heteroatoms. The Balaban J connectivity index is 1.52. The minimum Gasteiger partial charge on any atom is -0.459 e. The van der Waals surface area contributed by atoms with Crippen LogP contribution in [0.25, 0.3) is 0 Å². The smallest absolute Gasteiger partial charge is 0.289 e. The number of aromatic nitrogens is 2. The number of hydrogen-bond acceptors (Lipinski definition) is 5. The van der Waals surface area contributed by atoms with Gasteiger partial charge >= 0.3 is 0 Å². The highest BCUT2D eigenvalue weighted by Gasteiger charge is 2.26. The van der Waals surface area contributed by atoms with Crippen LogP contribution in [-0.2, 0) is 6.42 Å². The van der Waals surface area contributed by atoms with Gasteiger partial charge in [-0.1, -0.05) is 19.0 Å². The summed E-state index contributed by atoms with van der Waals surface area (Å²) in [4.78, 5) is 18.5. The van der Waals surface area contributed by atoms with Gasteiger partial charge in [0.1, 0.15) is 0 Å². The molecule has 22 heavy (non-hydrogen) atoms. The third kappa shape index (κ3) is 3.21. The van der Waals surface area contributed by atoms with Crippen molar-refractivity contribution in [3.8, 4) is 0 Å². The van der Waals surface area contributed by atoms with Crippen LogP contribution >= 0.6 is 0 Å². The molecule has 2 aromatic heterocycles. The summed E-state index contributed by atoms with van der Waals surface area (Å²) in [6.07, 6.45) is 4.22. The second kappa shape index (κ2) is 6.34. The van der Waals surface area contributed by atoms with E-state index in [1.807, 2.05) is 18.7 Å². The quantitative estimate of drug-likeness (QED) is 0.868. The Morgan fingerprint density at radius 3 is 2.77 bits per heavy atom. The highest BCUT2D eigenvalue weighted by atomic mass is 16.5. The first-order valence-corrected chi connectivity index (χ1v) is 7.78. The molecule has 1 amide bonds. The normalized spacial score (nSPS) is 16.4. The third-order valence-corrected chi connectivity index (χ3v) is 4.10. The maximum atomic E-state index is 12.2. The second-order valence-corrected chi connectivity index (χ2v) is 6.12. The van der Waals surface area contributed by atoms with E-state index in [9.17, 15) is 4.79 Å². The van der Waals surface area contributed by atoms with E-state index in [0.717, 1.165) is 38.2 Å². The number of nitrogens with zero attached hydrogens (tertiary/aromatic N) is 3. The first kappa shape index (κ1) is 14.8. The van der Waals surface area contributed by atoms with Gasteiger partial charge in [-0.2, -0.15) is 4.98 Å². The molecular weight excluding hydrogens is 282 g/mol. The first-order chi connectivity index (χ1) is 10.6. The molecule has 3 heterocycles. The van der Waals surface area contributed by atoms with Crippen molar-refractivity contribution in [1.29, 1.82) is 0 Å². The number of furan rings is 1. The summed E-state index contributed by atoms with van der Waals surface area (Å²) < 4.78 is 10.5. The Labute approximate surface area is 129 Å². The van der Waals surface area contributed by atoms with E-state index < -0.39 is 0 Å². The number of carbonyl (C=O) groups is 1. The topological polar surface area (TPSA) is 72.4 Å². The summed E-state index contributed by atoms with van der Waals surface area (Å²) in [6, 6.07) is 3.45. The zero-order chi connectivity index (χ0) is 15.5. The largest absolute Gasteiger partial charge is 0.459 e. The molecule has 0 atom stereocenters. The van der Waals surface area contributed by atoms with Crippen molar-refractivity contribution < 1.29 is 13.7 Å². The summed E-state index contributed by atoms with van der Waals surface area (Å²) in [5.74, 6) is 2.63. The van der Waals surface area contributed by atoms with Crippen molar-refractivity contribution >= 4 is 5.91 Å². The average Bonchev–Trinajstić information content (AvgIpc) is 3.19. The second-order valence-electron chi connectivity index (χ2n) is 6.12. The minimum absolute atomic E-state index is 0.0247. The fourth-order valence-electron chi connectivity index (χ4n) is 2.73. The molecule has 1 aliphatic rings. The van der Waals surface area contributed by atoms with E-state index in [0.29, 0.717) is 17.6 Å². The molecule has 1 aliphatic heterocycles. The van der Waals surface area contributed by atoms with E-state index >= 15 is 0 Å². The monoisotopic (exact) mass is 303 g/mol. The molecule has 6 nitrogen and oxygen atoms in total. The lowest BCUT2D eigenvalue weighted by Crippen LogP contribution is -2.38. The van der Waals surface area contributed by atoms with Crippen molar-refractivity contribution in [2.45, 2.75) is 39.0 Å². The van der Waals surface area contributed by atoms with Gasteiger partial charge in [0.05, 0.1) is 6.26 Å². The van der Waals surface area contributed by atoms with Gasteiger partial charge in [0.15, 0.2) is 11.6 Å². The van der Waals surface area contributed by atoms with Gasteiger partial charge in [0.25, 0.3) is 5.91 Å². The van der Waals surface area contributed by atoms with Crippen LogP contribution in [0.4, 0.5) is 0 Å². The molecule has 1 fully saturated rings. The molecule has 118 valence electrons. The van der Waals surface area contributed by atoms with Crippen LogP contribution < -0.4 is 0 Å². The van der Waals surface area contributed by atoms with E-state index in [-0.39, 0.29) is 11.8 Å². The lowest BCUT2D eigenvalue weighted by molar-refractivity contribution is 0.0655. The van der Waals surface area contributed by atoms with E-state index in [1.54, 1.807) is 12.1 Å². The minimum atomic E-state index is -0.0247. The Morgan fingerprint density at radius 1 is 1.41 bits per heavy atom. The summed E-state index contributed by atoms with van der Waals surface area (Å²) in [6.45, 7) is 5.59. The molecule has 2 aromatic rings. The molecule has 0 saturated carbocycles. The molecule has 3 rings (SSSR count). The first-order valence-electron chi connectivity index (χ1n) is 7.78. The number of piperidine rings is 1. The number of hydrogen-bond donors (Lipinski definition) is 0. The lowest BCUT2D eigenvalue weighted by Gasteiger charge is -2.30. The van der Waals surface area contributed by atoms with Gasteiger partial charge < -0.3 is 13.8 Å². The van der Waals surface area contributed by atoms with E-state index in [2.05, 4.69) is 10.1 Å². The third-order valence-electron chi connectivity index (χ3n) is 4.10. The molecular formula is C16H21N3O3. The Morgan fingerprint density at radius 2 is 2.18 bits per heavy atom. The van der Waals surface area contributed by atoms with Gasteiger partial charge in [-0.05, 0) is 30.9 Å². The molecule has 0 bridgehead atoms. The van der Waals surface area contributed by atoms with Crippen LogP contribution in [0.1, 0.15) is 54.9 Å². The maximum Gasteiger partial charge on any atom is 0.289 e. The Kier molecular flexibility index (Phi) is 4.27. The summed E-state index contributed by atoms with van der Waals surface area (Å²) in [5, 5.41) is 4.00. The Bertz CT molecular complexity index is 610. The van der Waals surface area contributed by atoms with Gasteiger partial charge in [0, 0.05) is 25.4 Å². The van der Waals surface area contributed by atoms with Crippen molar-refractivity contribution in [2.24, 2.45) is 5.92 Å². The molecule has 0 N–H and O–H groups in total. The lowest BCUT2D eigenvalue weighted by atomic mass is 9.93. The van der Waals surface area contributed by atoms with Crippen LogP contribution in [0.2, 0.25) is 0 Å². The molecule has 0 unspecified atom stereocenters. The van der Waals surface area contributed by atoms with Crippen molar-refractivity contribution in [2.75, 3.05) is 13.1 Å². The summed E-state index contributed by atoms with van der Waals surface area (Å²) >= 11 is 0. The zero-order valence-electron chi connectivity index (χ0n) is 13.0. The van der Waals surface area contributed by atoms with Crippen molar-refractivity contribution in [1.82, 2.24) is 15.0 Å². The van der Waals surface area contributed by atoms with Crippen LogP contribution in [0.3, 0.4) is 0 Å². The number of carbonyl (C=O) groups excluding carboxylic acids is 1. The van der Waals surface area contributed by atoms with Gasteiger partial charge in [0.2, 0.25) is 5.89 Å². The summed E-state index contributed by atoms with van der Waals surface area (Å²) in [7, 11) is 0. The predicted octanol–water partition coefficient (Wildman–Crippen LogP) is 2.88. The van der Waals surface area contributed by atoms with Crippen molar-refractivity contribution in [3.63, 3.8) is 0 Å². The molecule has 0 aliphatic carbocycles. The summed E-state index contributed by atoms with van der Waals surface area (Å²) in [5.41, 5.74) is 0. The highest BCUT2D eigenvalue weighted by molar-refractivity contribution is 5.91. The van der Waals surface area contributed by atoms with E-state index in [4.69, 9.17) is 8.94 Å². The van der Waals surface area contributed by atoms with Crippen LogP contribution in [0, 0.1) is 5.92 Å². The van der Waals surface area contributed by atoms with Gasteiger partial charge in [-0.25, -0.2) is 0 Å². The van der Waals surface area contributed by atoms with Crippen LogP contribution in [0.15, 0.2) is 27.3 Å². The van der Waals surface area contributed by atoms with Gasteiger partial charge in [-0.15, -0.1) is 0 Å². The van der Waals surface area contributed by atoms with E-state index in [1.165, 1.54) is 6.26 Å². The zero-order valence-corrected chi connectivity index (χ0v) is 13.0. The van der Waals surface area contributed by atoms with Gasteiger partial charge in [-0.3, -0.25) is 4.79 Å². The maximum absolute atomic E-state index is 12.2. The number of likely N-dealkylation sites (tertiary alicyclic amines) is 1. The number of amides is 1. The molecule has 0 radical (unpaired) electrons. The van der Waals surface area contributed by atoms with Crippen LogP contribution in [-0.4, -0.2) is 34.0 Å². The SMILES string of the molecule is CC(C)c1noc(CC2CCN(C(=O)c3ccco3)CC2)n1. The Hall–Kier alpha value is -2.11. The highest BCUT2D eigenvalue weighted by Crippen LogP contribution is 2.23. The van der Waals surface area contributed by atoms with Crippen molar-refractivity contribution in [3.05, 3.63) is 35.9 Å². The predicted molar refractivity (Wildman–Crippen MR) is 79.4 cm³/mol. The number of rotatable bonds is 4. The molecule has 1 saturated heterocycles.